The van der Waals surface area contributed by atoms with Gasteiger partial charge in [-0.05, 0) is 35.4 Å². The molecule has 0 radical (unpaired) electrons. The van der Waals surface area contributed by atoms with Crippen LogP contribution in [0.5, 0.6) is 5.75 Å². The van der Waals surface area contributed by atoms with Gasteiger partial charge in [-0.1, -0.05) is 29.8 Å². The number of ether oxygens (including phenoxy) is 1. The van der Waals surface area contributed by atoms with Gasteiger partial charge >= 0.3 is 0 Å². The van der Waals surface area contributed by atoms with E-state index in [1.54, 1.807) is 24.3 Å². The Bertz CT molecular complexity index is 744. The first-order valence-electron chi connectivity index (χ1n) is 7.17. The van der Waals surface area contributed by atoms with Gasteiger partial charge in [0.15, 0.2) is 6.61 Å². The van der Waals surface area contributed by atoms with Gasteiger partial charge in [-0.3, -0.25) is 9.59 Å². The topological polar surface area (TPSA) is 67.4 Å². The van der Waals surface area contributed by atoms with Crippen molar-refractivity contribution in [2.24, 2.45) is 0 Å². The standard InChI is InChI=1S/C17H15ClN2O3/c18-13-4-1-11(2-5-13)8-16(21)19-9-12-3-6-15-14(7-12)20-17(22)10-23-15/h1-7H,8-10H2,(H,19,21)(H,20,22). The molecule has 2 amide bonds. The second-order valence-corrected chi connectivity index (χ2v) is 5.68. The molecule has 2 aromatic rings. The molecule has 1 heterocycles. The Morgan fingerprint density at radius 2 is 1.91 bits per heavy atom. The van der Waals surface area contributed by atoms with Crippen LogP contribution >= 0.6 is 11.6 Å². The van der Waals surface area contributed by atoms with E-state index in [9.17, 15) is 9.59 Å². The Balaban J connectivity index is 1.57. The Morgan fingerprint density at radius 1 is 1.17 bits per heavy atom. The zero-order chi connectivity index (χ0) is 16.2. The molecule has 0 fully saturated rings. The summed E-state index contributed by atoms with van der Waals surface area (Å²) in [5.74, 6) is 0.382. The van der Waals surface area contributed by atoms with Crippen LogP contribution in [0.3, 0.4) is 0 Å². The van der Waals surface area contributed by atoms with Gasteiger partial charge in [-0.25, -0.2) is 0 Å². The minimum Gasteiger partial charge on any atom is -0.482 e. The summed E-state index contributed by atoms with van der Waals surface area (Å²) in [5, 5.41) is 6.24. The van der Waals surface area contributed by atoms with Crippen molar-refractivity contribution in [1.82, 2.24) is 5.32 Å². The van der Waals surface area contributed by atoms with E-state index in [0.29, 0.717) is 29.4 Å². The molecule has 0 saturated heterocycles. The molecule has 23 heavy (non-hydrogen) atoms. The summed E-state index contributed by atoms with van der Waals surface area (Å²) in [6, 6.07) is 12.6. The number of halogens is 1. The van der Waals surface area contributed by atoms with Crippen LogP contribution in [-0.2, 0) is 22.6 Å². The number of benzene rings is 2. The predicted molar refractivity (Wildman–Crippen MR) is 87.6 cm³/mol. The second kappa shape index (κ2) is 6.71. The summed E-state index contributed by atoms with van der Waals surface area (Å²) in [6.07, 6.45) is 0.294. The van der Waals surface area contributed by atoms with Crippen LogP contribution in [0.2, 0.25) is 5.02 Å². The van der Waals surface area contributed by atoms with Crippen LogP contribution in [0.4, 0.5) is 5.69 Å². The van der Waals surface area contributed by atoms with Gasteiger partial charge < -0.3 is 15.4 Å². The number of anilines is 1. The van der Waals surface area contributed by atoms with Gasteiger partial charge in [-0.2, -0.15) is 0 Å². The van der Waals surface area contributed by atoms with E-state index < -0.39 is 0 Å². The van der Waals surface area contributed by atoms with Crippen molar-refractivity contribution in [3.8, 4) is 5.75 Å². The number of carbonyl (C=O) groups excluding carboxylic acids is 2. The first-order chi connectivity index (χ1) is 11.1. The third-order valence-electron chi connectivity index (χ3n) is 3.44. The first-order valence-corrected chi connectivity index (χ1v) is 7.55. The molecule has 118 valence electrons. The third kappa shape index (κ3) is 4.02. The Hall–Kier alpha value is -2.53. The first kappa shape index (κ1) is 15.4. The quantitative estimate of drug-likeness (QED) is 0.905. The molecule has 6 heteroatoms. The minimum absolute atomic E-state index is 0.0319. The predicted octanol–water partition coefficient (Wildman–Crippen LogP) is 2.53. The number of nitrogens with one attached hydrogen (secondary N) is 2. The largest absolute Gasteiger partial charge is 0.482 e. The van der Waals surface area contributed by atoms with Gasteiger partial charge in [0, 0.05) is 11.6 Å². The Labute approximate surface area is 138 Å². The van der Waals surface area contributed by atoms with Gasteiger partial charge in [0.25, 0.3) is 5.91 Å². The normalized spacial score (nSPS) is 12.8. The van der Waals surface area contributed by atoms with Gasteiger partial charge in [0.05, 0.1) is 12.1 Å². The number of hydrogen-bond donors (Lipinski definition) is 2. The molecule has 1 aliphatic rings. The molecular weight excluding hydrogens is 316 g/mol. The molecule has 0 spiro atoms. The lowest BCUT2D eigenvalue weighted by molar-refractivity contribution is -0.120. The van der Waals surface area contributed by atoms with Crippen molar-refractivity contribution in [2.75, 3.05) is 11.9 Å². The van der Waals surface area contributed by atoms with E-state index in [0.717, 1.165) is 11.1 Å². The number of rotatable bonds is 4. The van der Waals surface area contributed by atoms with Crippen molar-refractivity contribution >= 4 is 29.1 Å². The van der Waals surface area contributed by atoms with Crippen molar-refractivity contribution < 1.29 is 14.3 Å². The molecule has 0 atom stereocenters. The summed E-state index contributed by atoms with van der Waals surface area (Å²) in [4.78, 5) is 23.3. The number of hydrogen-bond acceptors (Lipinski definition) is 3. The zero-order valence-electron chi connectivity index (χ0n) is 12.3. The van der Waals surface area contributed by atoms with Crippen LogP contribution in [-0.4, -0.2) is 18.4 Å². The molecule has 1 aliphatic heterocycles. The molecular formula is C17H15ClN2O3. The van der Waals surface area contributed by atoms with Crippen LogP contribution < -0.4 is 15.4 Å². The lowest BCUT2D eigenvalue weighted by atomic mass is 10.1. The van der Waals surface area contributed by atoms with Gasteiger partial charge in [0.2, 0.25) is 5.91 Å². The van der Waals surface area contributed by atoms with Crippen LogP contribution in [0, 0.1) is 0 Å². The summed E-state index contributed by atoms with van der Waals surface area (Å²) < 4.78 is 5.29. The molecule has 0 aromatic heterocycles. The SMILES string of the molecule is O=C(Cc1ccc(Cl)cc1)NCc1ccc2c(c1)NC(=O)CO2. The van der Waals surface area contributed by atoms with Crippen LogP contribution in [0.15, 0.2) is 42.5 Å². The van der Waals surface area contributed by atoms with Crippen molar-refractivity contribution in [3.63, 3.8) is 0 Å². The van der Waals surface area contributed by atoms with E-state index in [1.165, 1.54) is 0 Å². The van der Waals surface area contributed by atoms with Crippen LogP contribution in [0.1, 0.15) is 11.1 Å². The summed E-state index contributed by atoms with van der Waals surface area (Å²) in [7, 11) is 0. The van der Waals surface area contributed by atoms with E-state index in [1.807, 2.05) is 18.2 Å². The van der Waals surface area contributed by atoms with E-state index >= 15 is 0 Å². The average molecular weight is 331 g/mol. The molecule has 2 N–H and O–H groups in total. The average Bonchev–Trinajstić information content (AvgIpc) is 2.54. The fraction of sp³-hybridized carbons (Fsp3) is 0.176. The fourth-order valence-electron chi connectivity index (χ4n) is 2.29. The smallest absolute Gasteiger partial charge is 0.262 e. The fourth-order valence-corrected chi connectivity index (χ4v) is 2.42. The maximum absolute atomic E-state index is 12.0. The summed E-state index contributed by atoms with van der Waals surface area (Å²) >= 11 is 5.82. The van der Waals surface area contributed by atoms with Gasteiger partial charge in [0.1, 0.15) is 5.75 Å². The second-order valence-electron chi connectivity index (χ2n) is 5.25. The summed E-state index contributed by atoms with van der Waals surface area (Å²) in [5.41, 5.74) is 2.42. The summed E-state index contributed by atoms with van der Waals surface area (Å²) in [6.45, 7) is 0.416. The molecule has 0 unspecified atom stereocenters. The maximum atomic E-state index is 12.0. The number of fused-ring (bicyclic) bond motifs is 1. The Morgan fingerprint density at radius 3 is 2.70 bits per heavy atom. The highest BCUT2D eigenvalue weighted by Gasteiger charge is 2.16. The molecule has 5 nitrogen and oxygen atoms in total. The molecule has 2 aromatic carbocycles. The number of carbonyl (C=O) groups is 2. The number of amides is 2. The Kier molecular flexibility index (Phi) is 4.48. The van der Waals surface area contributed by atoms with Crippen molar-refractivity contribution in [2.45, 2.75) is 13.0 Å². The third-order valence-corrected chi connectivity index (χ3v) is 3.70. The zero-order valence-corrected chi connectivity index (χ0v) is 13.0. The maximum Gasteiger partial charge on any atom is 0.262 e. The molecule has 0 aliphatic carbocycles. The van der Waals surface area contributed by atoms with E-state index in [2.05, 4.69) is 10.6 Å². The molecule has 0 saturated carbocycles. The van der Waals surface area contributed by atoms with E-state index in [-0.39, 0.29) is 18.4 Å². The highest BCUT2D eigenvalue weighted by molar-refractivity contribution is 6.30. The van der Waals surface area contributed by atoms with E-state index in [4.69, 9.17) is 16.3 Å². The minimum atomic E-state index is -0.179. The highest BCUT2D eigenvalue weighted by atomic mass is 35.5. The molecule has 0 bridgehead atoms. The van der Waals surface area contributed by atoms with Crippen molar-refractivity contribution in [3.05, 3.63) is 58.6 Å². The van der Waals surface area contributed by atoms with Gasteiger partial charge in [-0.15, -0.1) is 0 Å². The molecule has 3 rings (SSSR count). The highest BCUT2D eigenvalue weighted by Crippen LogP contribution is 2.28. The monoisotopic (exact) mass is 330 g/mol. The lowest BCUT2D eigenvalue weighted by Gasteiger charge is -2.18. The van der Waals surface area contributed by atoms with Crippen LogP contribution in [0.25, 0.3) is 0 Å². The lowest BCUT2D eigenvalue weighted by Crippen LogP contribution is -2.26. The van der Waals surface area contributed by atoms with Crippen molar-refractivity contribution in [1.29, 1.82) is 0 Å².